The molecule has 0 radical (unpaired) electrons. The number of anilines is 3. The van der Waals surface area contributed by atoms with Crippen LogP contribution in [-0.2, 0) is 28.4 Å². The Kier molecular flexibility index (Phi) is 5.25. The van der Waals surface area contributed by atoms with Crippen LogP contribution < -0.4 is 14.7 Å². The Hall–Kier alpha value is -1.83. The van der Waals surface area contributed by atoms with E-state index in [1.165, 1.54) is 0 Å². The third kappa shape index (κ3) is 5.81. The van der Waals surface area contributed by atoms with Gasteiger partial charge in [0.1, 0.15) is 0 Å². The van der Waals surface area contributed by atoms with Crippen LogP contribution in [0.1, 0.15) is 0 Å². The molecule has 0 N–H and O–H groups in total. The first-order chi connectivity index (χ1) is 16.2. The van der Waals surface area contributed by atoms with Crippen LogP contribution in [0.25, 0.3) is 0 Å². The van der Waals surface area contributed by atoms with Crippen LogP contribution in [0.4, 0.5) is 17.8 Å². The van der Waals surface area contributed by atoms with Gasteiger partial charge in [0.05, 0.1) is 76.3 Å². The lowest BCUT2D eigenvalue weighted by molar-refractivity contribution is 0.384. The van der Waals surface area contributed by atoms with Gasteiger partial charge in [0, 0.05) is 39.3 Å². The second-order valence-corrected chi connectivity index (χ2v) is 9.68. The van der Waals surface area contributed by atoms with Crippen molar-refractivity contribution in [1.29, 1.82) is 0 Å². The molecule has 0 aromatic carbocycles. The third-order valence-corrected chi connectivity index (χ3v) is 6.41. The van der Waals surface area contributed by atoms with E-state index in [2.05, 4.69) is 14.7 Å². The Balaban J connectivity index is 1.22. The van der Waals surface area contributed by atoms with Crippen molar-refractivity contribution in [3.63, 3.8) is 0 Å². The number of nitrogens with zero attached hydrogens (tertiary/aromatic N) is 6. The van der Waals surface area contributed by atoms with Crippen molar-refractivity contribution in [2.24, 2.45) is 0 Å². The average Bonchev–Trinajstić information content (AvgIpc) is 3.62. The number of hydrogen-bond acceptors (Lipinski definition) is 12. The molecule has 6 atom stereocenters. The first-order valence-corrected chi connectivity index (χ1v) is 12.0. The van der Waals surface area contributed by atoms with E-state index in [1.54, 1.807) is 0 Å². The van der Waals surface area contributed by atoms with Gasteiger partial charge in [-0.3, -0.25) is 0 Å². The molecule has 6 saturated heterocycles. The van der Waals surface area contributed by atoms with Crippen molar-refractivity contribution >= 4 is 17.8 Å². The molecule has 33 heavy (non-hydrogen) atoms. The normalized spacial score (nSPS) is 34.5. The van der Waals surface area contributed by atoms with Gasteiger partial charge in [0.25, 0.3) is 0 Å². The molecule has 0 bridgehead atoms. The van der Waals surface area contributed by atoms with Crippen LogP contribution in [0.2, 0.25) is 0 Å². The molecule has 5 unspecified atom stereocenters. The Bertz CT molecular complexity index is 692. The predicted octanol–water partition coefficient (Wildman–Crippen LogP) is -1.32. The zero-order valence-corrected chi connectivity index (χ0v) is 18.6. The smallest absolute Gasteiger partial charge is 0.232 e. The van der Waals surface area contributed by atoms with E-state index in [4.69, 9.17) is 43.4 Å². The quantitative estimate of drug-likeness (QED) is 0.287. The summed E-state index contributed by atoms with van der Waals surface area (Å²) >= 11 is 0. The summed E-state index contributed by atoms with van der Waals surface area (Å²) in [7, 11) is 0. The number of hydrogen-bond donors (Lipinski definition) is 0. The second-order valence-electron chi connectivity index (χ2n) is 9.68. The van der Waals surface area contributed by atoms with Crippen molar-refractivity contribution in [2.45, 2.75) is 36.6 Å². The van der Waals surface area contributed by atoms with E-state index in [1.807, 2.05) is 0 Å². The van der Waals surface area contributed by atoms with Crippen LogP contribution in [0.15, 0.2) is 0 Å². The fourth-order valence-electron chi connectivity index (χ4n) is 4.00. The molecule has 0 amide bonds. The number of aromatic nitrogens is 3. The molecule has 0 saturated carbocycles. The lowest BCUT2D eigenvalue weighted by Gasteiger charge is -2.28. The topological polar surface area (TPSA) is 124 Å². The summed E-state index contributed by atoms with van der Waals surface area (Å²) in [6.45, 7) is 9.16. The standard InChI is InChI=1S/C21H30N6O6/c1(13-7-28-13)25(2-14-8-29-14)19-22-20(26(3-15-9-30-15)4-16-10-31-16)24-21(23-19)27(5-17-11-32-17)6-18-12-33-18/h13-18H,1-12H2/t13-,14?,15?,16?,17?,18?/m0/s1. The van der Waals surface area contributed by atoms with Crippen LogP contribution in [0.3, 0.4) is 0 Å². The maximum Gasteiger partial charge on any atom is 0.232 e. The van der Waals surface area contributed by atoms with Crippen molar-refractivity contribution in [1.82, 2.24) is 15.0 Å². The van der Waals surface area contributed by atoms with Gasteiger partial charge >= 0.3 is 0 Å². The molecular weight excluding hydrogens is 432 g/mol. The van der Waals surface area contributed by atoms with Crippen molar-refractivity contribution < 1.29 is 28.4 Å². The number of ether oxygens (including phenoxy) is 6. The molecule has 6 aliphatic heterocycles. The summed E-state index contributed by atoms with van der Waals surface area (Å²) in [5, 5.41) is 0. The van der Waals surface area contributed by atoms with Gasteiger partial charge in [-0.2, -0.15) is 15.0 Å². The fraction of sp³-hybridized carbons (Fsp3) is 0.857. The Morgan fingerprint density at radius 2 is 0.606 bits per heavy atom. The van der Waals surface area contributed by atoms with Gasteiger partial charge in [0.15, 0.2) is 0 Å². The zero-order chi connectivity index (χ0) is 21.8. The van der Waals surface area contributed by atoms with Gasteiger partial charge in [-0.05, 0) is 0 Å². The van der Waals surface area contributed by atoms with E-state index in [-0.39, 0.29) is 36.6 Å². The number of epoxide rings is 6. The van der Waals surface area contributed by atoms with Crippen LogP contribution >= 0.6 is 0 Å². The maximum atomic E-state index is 5.52. The molecule has 1 aromatic rings. The van der Waals surface area contributed by atoms with E-state index in [0.717, 1.165) is 78.9 Å². The predicted molar refractivity (Wildman–Crippen MR) is 115 cm³/mol. The van der Waals surface area contributed by atoms with Crippen LogP contribution in [0.5, 0.6) is 0 Å². The Labute approximate surface area is 192 Å². The molecule has 0 aliphatic carbocycles. The minimum absolute atomic E-state index is 0.221. The summed E-state index contributed by atoms with van der Waals surface area (Å²) in [6.07, 6.45) is 1.33. The van der Waals surface area contributed by atoms with Crippen molar-refractivity contribution in [2.75, 3.05) is 93.6 Å². The third-order valence-electron chi connectivity index (χ3n) is 6.41. The molecule has 7 heterocycles. The minimum Gasteiger partial charge on any atom is -0.371 e. The molecule has 6 aliphatic rings. The first-order valence-electron chi connectivity index (χ1n) is 12.0. The highest BCUT2D eigenvalue weighted by Gasteiger charge is 2.37. The van der Waals surface area contributed by atoms with E-state index in [9.17, 15) is 0 Å². The summed E-state index contributed by atoms with van der Waals surface area (Å²) < 4.78 is 33.1. The summed E-state index contributed by atoms with van der Waals surface area (Å²) in [4.78, 5) is 21.4. The van der Waals surface area contributed by atoms with Gasteiger partial charge < -0.3 is 43.1 Å². The first kappa shape index (κ1) is 20.5. The minimum atomic E-state index is 0.221. The van der Waals surface area contributed by atoms with Gasteiger partial charge in [-0.25, -0.2) is 0 Å². The molecule has 6 fully saturated rings. The van der Waals surface area contributed by atoms with Crippen LogP contribution in [0, 0.1) is 0 Å². The van der Waals surface area contributed by atoms with E-state index < -0.39 is 0 Å². The largest absolute Gasteiger partial charge is 0.371 e. The van der Waals surface area contributed by atoms with Gasteiger partial charge in [-0.1, -0.05) is 0 Å². The monoisotopic (exact) mass is 462 g/mol. The molecule has 7 rings (SSSR count). The molecule has 180 valence electrons. The highest BCUT2D eigenvalue weighted by molar-refractivity contribution is 5.48. The molecule has 1 aromatic heterocycles. The summed E-state index contributed by atoms with van der Waals surface area (Å²) in [6, 6.07) is 0. The lowest BCUT2D eigenvalue weighted by atomic mass is 10.3. The molecule has 12 nitrogen and oxygen atoms in total. The van der Waals surface area contributed by atoms with E-state index in [0.29, 0.717) is 17.8 Å². The SMILES string of the molecule is C1OC1CN(CC1CO1)c1nc(N(CC2CO2)CC2CO2)nc(N(CC2CO2)C[C@H]2CO2)n1. The Morgan fingerprint density at radius 3 is 0.758 bits per heavy atom. The van der Waals surface area contributed by atoms with E-state index >= 15 is 0 Å². The fourth-order valence-corrected chi connectivity index (χ4v) is 4.00. The molecular formula is C21H30N6O6. The maximum absolute atomic E-state index is 5.52. The molecule has 0 spiro atoms. The zero-order valence-electron chi connectivity index (χ0n) is 18.6. The highest BCUT2D eigenvalue weighted by Crippen LogP contribution is 2.28. The second kappa shape index (κ2) is 8.43. The number of rotatable bonds is 15. The highest BCUT2D eigenvalue weighted by atomic mass is 16.6. The average molecular weight is 463 g/mol. The van der Waals surface area contributed by atoms with Crippen molar-refractivity contribution in [3.8, 4) is 0 Å². The van der Waals surface area contributed by atoms with Gasteiger partial charge in [0.2, 0.25) is 17.8 Å². The van der Waals surface area contributed by atoms with Crippen molar-refractivity contribution in [3.05, 3.63) is 0 Å². The van der Waals surface area contributed by atoms with Crippen LogP contribution in [-0.4, -0.2) is 130 Å². The Morgan fingerprint density at radius 1 is 0.424 bits per heavy atom. The lowest BCUT2D eigenvalue weighted by Crippen LogP contribution is -2.38. The molecule has 12 heteroatoms. The summed E-state index contributed by atoms with van der Waals surface area (Å²) in [5.41, 5.74) is 0. The summed E-state index contributed by atoms with van der Waals surface area (Å²) in [5.74, 6) is 1.99. The van der Waals surface area contributed by atoms with Gasteiger partial charge in [-0.15, -0.1) is 0 Å².